The molecule has 0 aliphatic heterocycles. The summed E-state index contributed by atoms with van der Waals surface area (Å²) in [5.41, 5.74) is 4.20. The highest BCUT2D eigenvalue weighted by molar-refractivity contribution is 9.10. The largest absolute Gasteiger partial charge is 0.323 e. The molecule has 2 aromatic carbocycles. The van der Waals surface area contributed by atoms with Gasteiger partial charge in [0.25, 0.3) is 0 Å². The number of benzene rings is 2. The minimum Gasteiger partial charge on any atom is -0.323 e. The Morgan fingerprint density at radius 1 is 1.14 bits per heavy atom. The number of carbonyl (C=O) groups is 1. The van der Waals surface area contributed by atoms with E-state index < -0.39 is 0 Å². The number of halogens is 1. The maximum atomic E-state index is 11.9. The van der Waals surface area contributed by atoms with Crippen LogP contribution in [0.2, 0.25) is 0 Å². The molecule has 0 bridgehead atoms. The fourth-order valence-electron chi connectivity index (χ4n) is 2.07. The van der Waals surface area contributed by atoms with Crippen LogP contribution >= 0.6 is 15.9 Å². The van der Waals surface area contributed by atoms with Gasteiger partial charge in [-0.05, 0) is 53.8 Å². The van der Waals surface area contributed by atoms with Gasteiger partial charge in [-0.15, -0.1) is 0 Å². The Labute approximate surface area is 140 Å². The van der Waals surface area contributed by atoms with Crippen LogP contribution in [-0.2, 0) is 4.79 Å². The van der Waals surface area contributed by atoms with Crippen molar-refractivity contribution >= 4 is 33.6 Å². The van der Waals surface area contributed by atoms with Gasteiger partial charge in [-0.25, -0.2) is 0 Å². The van der Waals surface area contributed by atoms with E-state index in [4.69, 9.17) is 0 Å². The van der Waals surface area contributed by atoms with Crippen molar-refractivity contribution in [3.63, 3.8) is 0 Å². The Balaban J connectivity index is 2.00. The zero-order chi connectivity index (χ0) is 16.1. The quantitative estimate of drug-likeness (QED) is 0.715. The molecular weight excluding hydrogens is 338 g/mol. The number of aryl methyl sites for hydroxylation is 1. The van der Waals surface area contributed by atoms with Crippen LogP contribution in [-0.4, -0.2) is 5.91 Å². The van der Waals surface area contributed by atoms with Gasteiger partial charge in [0, 0.05) is 16.2 Å². The fraction of sp³-hybridized carbons (Fsp3) is 0.211. The molecule has 2 rings (SSSR count). The SMILES string of the molecule is Cc1cc(NC(=O)C=Cc2ccc(C(C)C)cc2)ccc1Br. The number of carbonyl (C=O) groups excluding carboxylic acids is 1. The monoisotopic (exact) mass is 357 g/mol. The fourth-order valence-corrected chi connectivity index (χ4v) is 2.32. The molecule has 0 unspecified atom stereocenters. The Morgan fingerprint density at radius 3 is 2.41 bits per heavy atom. The highest BCUT2D eigenvalue weighted by Gasteiger charge is 2.01. The first kappa shape index (κ1) is 16.5. The average Bonchev–Trinajstić information content (AvgIpc) is 2.49. The predicted molar refractivity (Wildman–Crippen MR) is 97.1 cm³/mol. The molecule has 1 N–H and O–H groups in total. The third kappa shape index (κ3) is 4.57. The molecule has 0 aliphatic rings. The Morgan fingerprint density at radius 2 is 1.82 bits per heavy atom. The van der Waals surface area contributed by atoms with E-state index in [1.54, 1.807) is 6.08 Å². The van der Waals surface area contributed by atoms with Gasteiger partial charge in [-0.1, -0.05) is 54.0 Å². The van der Waals surface area contributed by atoms with Crippen LogP contribution in [0.5, 0.6) is 0 Å². The Kier molecular flexibility index (Phi) is 5.56. The van der Waals surface area contributed by atoms with Crippen LogP contribution in [0.3, 0.4) is 0 Å². The van der Waals surface area contributed by atoms with Gasteiger partial charge in [0.15, 0.2) is 0 Å². The first-order chi connectivity index (χ1) is 10.5. The lowest BCUT2D eigenvalue weighted by Crippen LogP contribution is -2.07. The molecule has 0 saturated carbocycles. The number of rotatable bonds is 4. The van der Waals surface area contributed by atoms with Crippen LogP contribution in [0.1, 0.15) is 36.5 Å². The summed E-state index contributed by atoms with van der Waals surface area (Å²) >= 11 is 3.45. The first-order valence-corrected chi connectivity index (χ1v) is 8.10. The molecule has 1 amide bonds. The Hall–Kier alpha value is -1.87. The van der Waals surface area contributed by atoms with Crippen molar-refractivity contribution in [1.29, 1.82) is 0 Å². The van der Waals surface area contributed by atoms with Crippen molar-refractivity contribution in [2.45, 2.75) is 26.7 Å². The van der Waals surface area contributed by atoms with Gasteiger partial charge in [0.05, 0.1) is 0 Å². The number of hydrogen-bond donors (Lipinski definition) is 1. The zero-order valence-electron chi connectivity index (χ0n) is 13.1. The number of amides is 1. The third-order valence-corrected chi connectivity index (χ3v) is 4.35. The van der Waals surface area contributed by atoms with E-state index in [0.29, 0.717) is 5.92 Å². The minimum atomic E-state index is -0.130. The van der Waals surface area contributed by atoms with E-state index in [-0.39, 0.29) is 5.91 Å². The summed E-state index contributed by atoms with van der Waals surface area (Å²) in [5.74, 6) is 0.386. The van der Waals surface area contributed by atoms with E-state index in [9.17, 15) is 4.79 Å². The normalized spacial score (nSPS) is 11.1. The third-order valence-electron chi connectivity index (χ3n) is 3.46. The van der Waals surface area contributed by atoms with E-state index in [1.165, 1.54) is 5.56 Å². The van der Waals surface area contributed by atoms with Crippen molar-refractivity contribution in [2.24, 2.45) is 0 Å². The molecule has 0 atom stereocenters. The molecule has 0 radical (unpaired) electrons. The van der Waals surface area contributed by atoms with Crippen molar-refractivity contribution < 1.29 is 4.79 Å². The lowest BCUT2D eigenvalue weighted by molar-refractivity contribution is -0.111. The van der Waals surface area contributed by atoms with E-state index in [0.717, 1.165) is 21.3 Å². The second-order valence-electron chi connectivity index (χ2n) is 5.61. The molecule has 3 heteroatoms. The summed E-state index contributed by atoms with van der Waals surface area (Å²) < 4.78 is 1.03. The van der Waals surface area contributed by atoms with Gasteiger partial charge in [-0.2, -0.15) is 0 Å². The molecule has 2 nitrogen and oxygen atoms in total. The highest BCUT2D eigenvalue weighted by Crippen LogP contribution is 2.20. The molecule has 0 aliphatic carbocycles. The molecule has 0 spiro atoms. The van der Waals surface area contributed by atoms with Crippen LogP contribution in [0, 0.1) is 6.92 Å². The van der Waals surface area contributed by atoms with Gasteiger partial charge in [-0.3, -0.25) is 4.79 Å². The van der Waals surface area contributed by atoms with Crippen molar-refractivity contribution in [1.82, 2.24) is 0 Å². The lowest BCUT2D eigenvalue weighted by atomic mass is 10.0. The van der Waals surface area contributed by atoms with Gasteiger partial charge >= 0.3 is 0 Å². The standard InChI is InChI=1S/C19H20BrNO/c1-13(2)16-7-4-15(5-8-16)6-11-19(22)21-17-9-10-18(20)14(3)12-17/h4-13H,1-3H3,(H,21,22). The van der Waals surface area contributed by atoms with Crippen LogP contribution in [0.4, 0.5) is 5.69 Å². The Bertz CT molecular complexity index is 687. The molecule has 114 valence electrons. The summed E-state index contributed by atoms with van der Waals surface area (Å²) in [6.07, 6.45) is 3.38. The lowest BCUT2D eigenvalue weighted by Gasteiger charge is -2.05. The van der Waals surface area contributed by atoms with Crippen molar-refractivity contribution in [3.8, 4) is 0 Å². The smallest absolute Gasteiger partial charge is 0.248 e. The van der Waals surface area contributed by atoms with E-state index in [1.807, 2.05) is 43.3 Å². The van der Waals surface area contributed by atoms with Crippen molar-refractivity contribution in [2.75, 3.05) is 5.32 Å². The second-order valence-corrected chi connectivity index (χ2v) is 6.46. The number of nitrogens with one attached hydrogen (secondary N) is 1. The number of anilines is 1. The molecule has 0 heterocycles. The van der Waals surface area contributed by atoms with Crippen molar-refractivity contribution in [3.05, 3.63) is 69.7 Å². The molecule has 22 heavy (non-hydrogen) atoms. The topological polar surface area (TPSA) is 29.1 Å². The summed E-state index contributed by atoms with van der Waals surface area (Å²) in [4.78, 5) is 11.9. The molecule has 0 saturated heterocycles. The minimum absolute atomic E-state index is 0.130. The van der Waals surface area contributed by atoms with E-state index >= 15 is 0 Å². The first-order valence-electron chi connectivity index (χ1n) is 7.31. The number of hydrogen-bond acceptors (Lipinski definition) is 1. The molecule has 0 aromatic heterocycles. The maximum Gasteiger partial charge on any atom is 0.248 e. The average molecular weight is 358 g/mol. The van der Waals surface area contributed by atoms with Gasteiger partial charge in [0.1, 0.15) is 0 Å². The van der Waals surface area contributed by atoms with Gasteiger partial charge < -0.3 is 5.32 Å². The summed E-state index contributed by atoms with van der Waals surface area (Å²) in [6, 6.07) is 14.0. The highest BCUT2D eigenvalue weighted by atomic mass is 79.9. The zero-order valence-corrected chi connectivity index (χ0v) is 14.6. The molecule has 2 aromatic rings. The summed E-state index contributed by atoms with van der Waals surface area (Å²) in [6.45, 7) is 6.32. The summed E-state index contributed by atoms with van der Waals surface area (Å²) in [7, 11) is 0. The van der Waals surface area contributed by atoms with Crippen LogP contribution in [0.25, 0.3) is 6.08 Å². The van der Waals surface area contributed by atoms with Crippen LogP contribution < -0.4 is 5.32 Å². The molecule has 0 fully saturated rings. The maximum absolute atomic E-state index is 11.9. The summed E-state index contributed by atoms with van der Waals surface area (Å²) in [5, 5.41) is 2.86. The van der Waals surface area contributed by atoms with E-state index in [2.05, 4.69) is 47.2 Å². The van der Waals surface area contributed by atoms with Crippen LogP contribution in [0.15, 0.2) is 53.0 Å². The predicted octanol–water partition coefficient (Wildman–Crippen LogP) is 5.53. The van der Waals surface area contributed by atoms with Gasteiger partial charge in [0.2, 0.25) is 5.91 Å². The second kappa shape index (κ2) is 7.41. The molecular formula is C19H20BrNO.